The molecule has 7 nitrogen and oxygen atoms in total. The average Bonchev–Trinajstić information content (AvgIpc) is 2.82. The Morgan fingerprint density at radius 3 is 2.55 bits per heavy atom. The van der Waals surface area contributed by atoms with Crippen LogP contribution in [0.3, 0.4) is 0 Å². The van der Waals surface area contributed by atoms with Crippen molar-refractivity contribution in [2.24, 2.45) is 5.92 Å². The van der Waals surface area contributed by atoms with Gasteiger partial charge in [-0.3, -0.25) is 9.69 Å². The highest BCUT2D eigenvalue weighted by Gasteiger charge is 2.29. The van der Waals surface area contributed by atoms with Crippen molar-refractivity contribution in [3.8, 4) is 5.88 Å². The molecule has 1 aromatic heterocycles. The van der Waals surface area contributed by atoms with Gasteiger partial charge in [-0.25, -0.2) is 4.39 Å². The third-order valence-corrected chi connectivity index (χ3v) is 6.20. The molecule has 8 heteroatoms. The number of rotatable bonds is 6. The highest BCUT2D eigenvalue weighted by molar-refractivity contribution is 5.79. The van der Waals surface area contributed by atoms with E-state index in [1.54, 1.807) is 13.2 Å². The van der Waals surface area contributed by atoms with Crippen LogP contribution in [-0.2, 0) is 11.3 Å². The Morgan fingerprint density at radius 1 is 1.10 bits per heavy atom. The Balaban J connectivity index is 1.24. The molecule has 2 aliphatic heterocycles. The molecule has 2 saturated heterocycles. The number of anilines is 1. The maximum Gasteiger partial charge on any atom is 0.233 e. The number of amides is 1. The predicted molar refractivity (Wildman–Crippen MR) is 116 cm³/mol. The number of hydrogen-bond donors (Lipinski definition) is 1. The number of nitrogens with zero attached hydrogens (tertiary/aromatic N) is 4. The van der Waals surface area contributed by atoms with Crippen molar-refractivity contribution in [2.75, 3.05) is 38.2 Å². The summed E-state index contributed by atoms with van der Waals surface area (Å²) in [6, 6.07) is 10.6. The lowest BCUT2D eigenvalue weighted by atomic mass is 9.95. The zero-order valence-electron chi connectivity index (χ0n) is 18.0. The number of likely N-dealkylation sites (tertiary alicyclic amines) is 1. The summed E-state index contributed by atoms with van der Waals surface area (Å²) in [6.45, 7) is 4.23. The molecule has 0 radical (unpaired) electrons. The Labute approximate surface area is 182 Å². The van der Waals surface area contributed by atoms with Gasteiger partial charge in [0.05, 0.1) is 13.0 Å². The molecule has 166 valence electrons. The van der Waals surface area contributed by atoms with E-state index in [1.165, 1.54) is 12.1 Å². The number of hydrogen-bond acceptors (Lipinski definition) is 6. The second kappa shape index (κ2) is 10.0. The Kier molecular flexibility index (Phi) is 6.96. The van der Waals surface area contributed by atoms with E-state index in [4.69, 9.17) is 4.74 Å². The van der Waals surface area contributed by atoms with Crippen LogP contribution in [-0.4, -0.2) is 60.3 Å². The number of halogens is 1. The fourth-order valence-corrected chi connectivity index (χ4v) is 4.39. The fourth-order valence-electron chi connectivity index (χ4n) is 4.39. The van der Waals surface area contributed by atoms with Gasteiger partial charge in [-0.2, -0.15) is 0 Å². The lowest BCUT2D eigenvalue weighted by molar-refractivity contribution is -0.126. The molecule has 1 amide bonds. The van der Waals surface area contributed by atoms with Gasteiger partial charge >= 0.3 is 0 Å². The van der Waals surface area contributed by atoms with Crippen molar-refractivity contribution in [3.63, 3.8) is 0 Å². The molecule has 0 saturated carbocycles. The Morgan fingerprint density at radius 2 is 1.87 bits per heavy atom. The molecule has 2 fully saturated rings. The minimum absolute atomic E-state index is 0.0325. The first-order valence-corrected chi connectivity index (χ1v) is 11.0. The Hall–Kier alpha value is -2.74. The van der Waals surface area contributed by atoms with Gasteiger partial charge in [-0.05, 0) is 49.4 Å². The summed E-state index contributed by atoms with van der Waals surface area (Å²) >= 11 is 0. The number of piperidine rings is 2. The quantitative estimate of drug-likeness (QED) is 0.764. The summed E-state index contributed by atoms with van der Waals surface area (Å²) in [5.41, 5.74) is 1.12. The smallest absolute Gasteiger partial charge is 0.233 e. The van der Waals surface area contributed by atoms with E-state index >= 15 is 0 Å². The Bertz CT molecular complexity index is 853. The first kappa shape index (κ1) is 21.5. The second-order valence-corrected chi connectivity index (χ2v) is 8.40. The van der Waals surface area contributed by atoms with Gasteiger partial charge in [0.1, 0.15) is 5.82 Å². The highest BCUT2D eigenvalue weighted by Crippen LogP contribution is 2.23. The van der Waals surface area contributed by atoms with Gasteiger partial charge < -0.3 is 15.0 Å². The van der Waals surface area contributed by atoms with Gasteiger partial charge in [0, 0.05) is 44.8 Å². The van der Waals surface area contributed by atoms with Crippen LogP contribution < -0.4 is 15.0 Å². The summed E-state index contributed by atoms with van der Waals surface area (Å²) in [5.74, 6) is 1.18. The normalized spacial score (nSPS) is 20.5. The molecule has 0 unspecified atom stereocenters. The van der Waals surface area contributed by atoms with Gasteiger partial charge in [0.2, 0.25) is 11.8 Å². The molecular formula is C23H30FN5O2. The molecular weight excluding hydrogens is 397 g/mol. The molecule has 4 rings (SSSR count). The first-order chi connectivity index (χ1) is 15.1. The van der Waals surface area contributed by atoms with Crippen LogP contribution in [0.1, 0.15) is 31.2 Å². The predicted octanol–water partition coefficient (Wildman–Crippen LogP) is 2.62. The van der Waals surface area contributed by atoms with Crippen LogP contribution >= 0.6 is 0 Å². The number of methoxy groups -OCH3 is 1. The largest absolute Gasteiger partial charge is 0.480 e. The summed E-state index contributed by atoms with van der Waals surface area (Å²) in [4.78, 5) is 17.4. The maximum atomic E-state index is 13.1. The van der Waals surface area contributed by atoms with Gasteiger partial charge in [-0.15, -0.1) is 10.2 Å². The van der Waals surface area contributed by atoms with Crippen LogP contribution in [0.5, 0.6) is 5.88 Å². The molecule has 1 atom stereocenters. The fraction of sp³-hybridized carbons (Fsp3) is 0.522. The minimum Gasteiger partial charge on any atom is -0.480 e. The third-order valence-electron chi connectivity index (χ3n) is 6.20. The van der Waals surface area contributed by atoms with Crippen LogP contribution in [0, 0.1) is 11.7 Å². The number of benzene rings is 1. The number of nitrogens with one attached hydrogen (secondary N) is 1. The maximum absolute atomic E-state index is 13.1. The monoisotopic (exact) mass is 427 g/mol. The second-order valence-electron chi connectivity index (χ2n) is 8.40. The van der Waals surface area contributed by atoms with Crippen LogP contribution in [0.15, 0.2) is 36.4 Å². The number of carbonyl (C=O) groups is 1. The van der Waals surface area contributed by atoms with E-state index in [0.29, 0.717) is 12.4 Å². The van der Waals surface area contributed by atoms with Crippen LogP contribution in [0.25, 0.3) is 0 Å². The van der Waals surface area contributed by atoms with Gasteiger partial charge in [0.15, 0.2) is 5.82 Å². The SMILES string of the molecule is COc1ccc(N2CCC[C@H](C(=O)NC3CCN(Cc4ccc(F)cc4)CC3)C2)nn1. The molecule has 3 heterocycles. The lowest BCUT2D eigenvalue weighted by Gasteiger charge is -2.35. The summed E-state index contributed by atoms with van der Waals surface area (Å²) < 4.78 is 18.1. The summed E-state index contributed by atoms with van der Waals surface area (Å²) in [7, 11) is 1.57. The van der Waals surface area contributed by atoms with Crippen molar-refractivity contribution < 1.29 is 13.9 Å². The van der Waals surface area contributed by atoms with Gasteiger partial charge in [-0.1, -0.05) is 12.1 Å². The molecule has 0 spiro atoms. The summed E-state index contributed by atoms with van der Waals surface area (Å²) in [5, 5.41) is 11.5. The van der Waals surface area contributed by atoms with Crippen LogP contribution in [0.4, 0.5) is 10.2 Å². The zero-order valence-corrected chi connectivity index (χ0v) is 18.0. The number of carbonyl (C=O) groups excluding carboxylic acids is 1. The molecule has 0 aliphatic carbocycles. The average molecular weight is 428 g/mol. The van der Waals surface area contributed by atoms with Crippen molar-refractivity contribution in [1.29, 1.82) is 0 Å². The zero-order chi connectivity index (χ0) is 21.6. The molecule has 31 heavy (non-hydrogen) atoms. The molecule has 1 N–H and O–H groups in total. The number of ether oxygens (including phenoxy) is 1. The van der Waals surface area contributed by atoms with E-state index < -0.39 is 0 Å². The lowest BCUT2D eigenvalue weighted by Crippen LogP contribution is -2.49. The summed E-state index contributed by atoms with van der Waals surface area (Å²) in [6.07, 6.45) is 3.73. The van der Waals surface area contributed by atoms with Crippen molar-refractivity contribution in [1.82, 2.24) is 20.4 Å². The number of aromatic nitrogens is 2. The minimum atomic E-state index is -0.203. The topological polar surface area (TPSA) is 70.6 Å². The van der Waals surface area contributed by atoms with Gasteiger partial charge in [0.25, 0.3) is 0 Å². The van der Waals surface area contributed by atoms with Crippen LogP contribution in [0.2, 0.25) is 0 Å². The molecule has 1 aromatic carbocycles. The highest BCUT2D eigenvalue weighted by atomic mass is 19.1. The van der Waals surface area contributed by atoms with Crippen molar-refractivity contribution in [2.45, 2.75) is 38.3 Å². The van der Waals surface area contributed by atoms with E-state index in [2.05, 4.69) is 25.3 Å². The van der Waals surface area contributed by atoms with E-state index in [-0.39, 0.29) is 23.7 Å². The third kappa shape index (κ3) is 5.70. The standard InChI is InChI=1S/C23H30FN5O2/c1-31-22-9-8-21(26-27-22)29-12-2-3-18(16-29)23(30)25-20-10-13-28(14-11-20)15-17-4-6-19(24)7-5-17/h4-9,18,20H,2-3,10-16H2,1H3,(H,25,30)/t18-/m0/s1. The van der Waals surface area contributed by atoms with E-state index in [0.717, 1.165) is 63.2 Å². The molecule has 0 bridgehead atoms. The first-order valence-electron chi connectivity index (χ1n) is 11.0. The van der Waals surface area contributed by atoms with Crippen molar-refractivity contribution in [3.05, 3.63) is 47.8 Å². The molecule has 2 aromatic rings. The van der Waals surface area contributed by atoms with Crippen molar-refractivity contribution >= 4 is 11.7 Å². The molecule has 2 aliphatic rings. The van der Waals surface area contributed by atoms with E-state index in [1.807, 2.05) is 18.2 Å². The van der Waals surface area contributed by atoms with E-state index in [9.17, 15) is 9.18 Å².